The first-order valence-corrected chi connectivity index (χ1v) is 7.21. The lowest BCUT2D eigenvalue weighted by molar-refractivity contribution is -0.115. The molecule has 0 aromatic heterocycles. The summed E-state index contributed by atoms with van der Waals surface area (Å²) in [5.41, 5.74) is -0.0104. The van der Waals surface area contributed by atoms with Gasteiger partial charge in [0.2, 0.25) is 0 Å². The zero-order valence-electron chi connectivity index (χ0n) is 11.2. The van der Waals surface area contributed by atoms with Gasteiger partial charge in [0.25, 0.3) is 0 Å². The first-order valence-electron chi connectivity index (χ1n) is 6.83. The molecule has 1 aromatic carbocycles. The molecule has 4 heteroatoms. The smallest absolute Gasteiger partial charge is 0.127 e. The average Bonchev–Trinajstić information content (AvgIpc) is 2.83. The minimum Gasteiger partial charge on any atom is -0.390 e. The molecule has 0 bridgehead atoms. The fourth-order valence-corrected chi connectivity index (χ4v) is 3.07. The Balaban J connectivity index is 2.12. The van der Waals surface area contributed by atoms with Gasteiger partial charge in [-0.25, -0.2) is 4.39 Å². The zero-order chi connectivity index (χ0) is 13.9. The van der Waals surface area contributed by atoms with Crippen molar-refractivity contribution in [3.8, 4) is 0 Å². The number of hydrogen-bond acceptors (Lipinski definition) is 2. The standard InChI is InChI=1S/C15H20ClFO2/c1-2-19-15(7-3-4-8-15)14(18)9-11-5-6-12(16)10-13(11)17/h5-6,10,14,18H,2-4,7-9H2,1H3. The van der Waals surface area contributed by atoms with Crippen molar-refractivity contribution in [3.05, 3.63) is 34.6 Å². The van der Waals surface area contributed by atoms with Crippen molar-refractivity contribution in [2.75, 3.05) is 6.61 Å². The number of hydrogen-bond donors (Lipinski definition) is 1. The molecule has 1 aliphatic rings. The van der Waals surface area contributed by atoms with E-state index in [9.17, 15) is 9.50 Å². The van der Waals surface area contributed by atoms with E-state index in [1.54, 1.807) is 12.1 Å². The topological polar surface area (TPSA) is 29.5 Å². The molecule has 0 amide bonds. The van der Waals surface area contributed by atoms with Crippen LogP contribution in [0.2, 0.25) is 5.02 Å². The van der Waals surface area contributed by atoms with Crippen LogP contribution in [0.3, 0.4) is 0 Å². The van der Waals surface area contributed by atoms with Gasteiger partial charge in [0.05, 0.1) is 11.7 Å². The maximum absolute atomic E-state index is 13.8. The van der Waals surface area contributed by atoms with E-state index < -0.39 is 11.7 Å². The highest BCUT2D eigenvalue weighted by molar-refractivity contribution is 6.30. The lowest BCUT2D eigenvalue weighted by atomic mass is 9.89. The van der Waals surface area contributed by atoms with E-state index in [0.717, 1.165) is 25.7 Å². The van der Waals surface area contributed by atoms with Gasteiger partial charge in [0.1, 0.15) is 5.82 Å². The normalized spacial score (nSPS) is 19.6. The van der Waals surface area contributed by atoms with Crippen LogP contribution in [0.25, 0.3) is 0 Å². The van der Waals surface area contributed by atoms with E-state index >= 15 is 0 Å². The Labute approximate surface area is 118 Å². The Morgan fingerprint density at radius 1 is 1.42 bits per heavy atom. The van der Waals surface area contributed by atoms with Crippen LogP contribution in [-0.4, -0.2) is 23.4 Å². The molecule has 2 rings (SSSR count). The molecule has 1 atom stereocenters. The average molecular weight is 287 g/mol. The van der Waals surface area contributed by atoms with Gasteiger partial charge in [-0.2, -0.15) is 0 Å². The molecule has 0 heterocycles. The fraction of sp³-hybridized carbons (Fsp3) is 0.600. The van der Waals surface area contributed by atoms with Crippen LogP contribution >= 0.6 is 11.6 Å². The SMILES string of the molecule is CCOC1(C(O)Cc2ccc(Cl)cc2F)CCCC1. The van der Waals surface area contributed by atoms with E-state index in [2.05, 4.69) is 0 Å². The van der Waals surface area contributed by atoms with Gasteiger partial charge in [-0.05, 0) is 37.5 Å². The molecule has 0 radical (unpaired) electrons. The van der Waals surface area contributed by atoms with E-state index in [4.69, 9.17) is 16.3 Å². The summed E-state index contributed by atoms with van der Waals surface area (Å²) < 4.78 is 19.6. The monoisotopic (exact) mass is 286 g/mol. The van der Waals surface area contributed by atoms with Gasteiger partial charge in [-0.15, -0.1) is 0 Å². The molecule has 19 heavy (non-hydrogen) atoms. The lowest BCUT2D eigenvalue weighted by Crippen LogP contribution is -2.44. The first-order chi connectivity index (χ1) is 9.07. The Bertz CT molecular complexity index is 430. The summed E-state index contributed by atoms with van der Waals surface area (Å²) in [6, 6.07) is 4.57. The number of aliphatic hydroxyl groups is 1. The third-order valence-corrected chi connectivity index (χ3v) is 4.15. The number of ether oxygens (including phenoxy) is 1. The van der Waals surface area contributed by atoms with Crippen molar-refractivity contribution < 1.29 is 14.2 Å². The quantitative estimate of drug-likeness (QED) is 0.894. The minimum atomic E-state index is -0.675. The molecule has 0 aliphatic heterocycles. The van der Waals surface area contributed by atoms with Crippen molar-refractivity contribution in [2.24, 2.45) is 0 Å². The first kappa shape index (κ1) is 14.8. The van der Waals surface area contributed by atoms with Crippen LogP contribution in [0.5, 0.6) is 0 Å². The van der Waals surface area contributed by atoms with Crippen molar-refractivity contribution in [1.82, 2.24) is 0 Å². The molecule has 2 nitrogen and oxygen atoms in total. The van der Waals surface area contributed by atoms with Crippen molar-refractivity contribution >= 4 is 11.6 Å². The largest absolute Gasteiger partial charge is 0.390 e. The number of rotatable bonds is 5. The molecular weight excluding hydrogens is 267 g/mol. The van der Waals surface area contributed by atoms with Gasteiger partial charge >= 0.3 is 0 Å². The molecule has 1 fully saturated rings. The van der Waals surface area contributed by atoms with Crippen LogP contribution in [-0.2, 0) is 11.2 Å². The van der Waals surface area contributed by atoms with E-state index in [-0.39, 0.29) is 12.2 Å². The van der Waals surface area contributed by atoms with Crippen LogP contribution in [0.15, 0.2) is 18.2 Å². The highest BCUT2D eigenvalue weighted by Gasteiger charge is 2.41. The molecule has 1 N–H and O–H groups in total. The predicted octanol–water partition coefficient (Wildman–Crippen LogP) is 3.73. The van der Waals surface area contributed by atoms with Crippen molar-refractivity contribution in [2.45, 2.75) is 50.7 Å². The molecule has 1 unspecified atom stereocenters. The van der Waals surface area contributed by atoms with Crippen LogP contribution < -0.4 is 0 Å². The van der Waals surface area contributed by atoms with Gasteiger partial charge in [0.15, 0.2) is 0 Å². The maximum Gasteiger partial charge on any atom is 0.127 e. The summed E-state index contributed by atoms with van der Waals surface area (Å²) in [5, 5.41) is 10.8. The molecule has 1 aromatic rings. The summed E-state index contributed by atoms with van der Waals surface area (Å²) in [7, 11) is 0. The van der Waals surface area contributed by atoms with Crippen LogP contribution in [0.1, 0.15) is 38.2 Å². The summed E-state index contributed by atoms with van der Waals surface area (Å²) in [4.78, 5) is 0. The number of halogens is 2. The van der Waals surface area contributed by atoms with Gasteiger partial charge in [-0.3, -0.25) is 0 Å². The minimum absolute atomic E-state index is 0.267. The second kappa shape index (κ2) is 6.21. The highest BCUT2D eigenvalue weighted by atomic mass is 35.5. The summed E-state index contributed by atoms with van der Waals surface area (Å²) in [6.07, 6.45) is 3.39. The number of benzene rings is 1. The molecule has 0 saturated heterocycles. The maximum atomic E-state index is 13.8. The summed E-state index contributed by atoms with van der Waals surface area (Å²) in [6.45, 7) is 2.50. The van der Waals surface area contributed by atoms with E-state index in [0.29, 0.717) is 17.2 Å². The molecule has 1 aliphatic carbocycles. The van der Waals surface area contributed by atoms with Gasteiger partial charge < -0.3 is 9.84 Å². The van der Waals surface area contributed by atoms with E-state index in [1.165, 1.54) is 6.07 Å². The van der Waals surface area contributed by atoms with E-state index in [1.807, 2.05) is 6.92 Å². The third-order valence-electron chi connectivity index (χ3n) is 3.92. The van der Waals surface area contributed by atoms with Crippen molar-refractivity contribution in [3.63, 3.8) is 0 Å². The van der Waals surface area contributed by atoms with Crippen LogP contribution in [0, 0.1) is 5.82 Å². The molecule has 1 saturated carbocycles. The second-order valence-electron chi connectivity index (χ2n) is 5.16. The Morgan fingerprint density at radius 3 is 2.68 bits per heavy atom. The van der Waals surface area contributed by atoms with Crippen LogP contribution in [0.4, 0.5) is 4.39 Å². The molecule has 106 valence electrons. The Hall–Kier alpha value is -0.640. The Kier molecular flexibility index (Phi) is 4.82. The molecular formula is C15H20ClFO2. The van der Waals surface area contributed by atoms with Crippen molar-refractivity contribution in [1.29, 1.82) is 0 Å². The summed E-state index contributed by atoms with van der Waals surface area (Å²) in [5.74, 6) is -0.365. The van der Waals surface area contributed by atoms with Gasteiger partial charge in [0, 0.05) is 18.1 Å². The third kappa shape index (κ3) is 3.28. The van der Waals surface area contributed by atoms with Gasteiger partial charge in [-0.1, -0.05) is 30.5 Å². The Morgan fingerprint density at radius 2 is 2.11 bits per heavy atom. The predicted molar refractivity (Wildman–Crippen MR) is 73.9 cm³/mol. The molecule has 0 spiro atoms. The zero-order valence-corrected chi connectivity index (χ0v) is 11.9. The highest BCUT2D eigenvalue weighted by Crippen LogP contribution is 2.37. The number of aliphatic hydroxyl groups excluding tert-OH is 1. The second-order valence-corrected chi connectivity index (χ2v) is 5.60. The summed E-state index contributed by atoms with van der Waals surface area (Å²) >= 11 is 5.73. The lowest BCUT2D eigenvalue weighted by Gasteiger charge is -2.34. The fourth-order valence-electron chi connectivity index (χ4n) is 2.92.